The second kappa shape index (κ2) is 8.56. The van der Waals surface area contributed by atoms with Crippen LogP contribution in [0.4, 0.5) is 26.3 Å². The van der Waals surface area contributed by atoms with E-state index in [1.807, 2.05) is 0 Å². The number of alkyl halides is 6. The number of likely N-dealkylation sites (tertiary alicyclic amines) is 1. The largest absolute Gasteiger partial charge is 0.416 e. The summed E-state index contributed by atoms with van der Waals surface area (Å²) in [7, 11) is 0. The maximum atomic E-state index is 12.9. The summed E-state index contributed by atoms with van der Waals surface area (Å²) in [6, 6.07) is 1.37. The Morgan fingerprint density at radius 2 is 1.45 bits per heavy atom. The molecule has 0 radical (unpaired) electrons. The molecule has 0 saturated carbocycles. The van der Waals surface area contributed by atoms with E-state index in [0.29, 0.717) is 24.6 Å². The number of hydrogen-bond donors (Lipinski definition) is 0. The zero-order chi connectivity index (χ0) is 21.1. The molecule has 1 aliphatic heterocycles. The molecular weight excluding hydrogens is 400 g/mol. The fourth-order valence-electron chi connectivity index (χ4n) is 3.13. The number of benzene rings is 1. The van der Waals surface area contributed by atoms with Crippen LogP contribution < -0.4 is 0 Å². The fraction of sp³-hybridized carbons (Fsp3) is 0.474. The first-order chi connectivity index (χ1) is 13.6. The van der Waals surface area contributed by atoms with Gasteiger partial charge in [0.25, 0.3) is 0 Å². The molecule has 10 heteroatoms. The topological polar surface area (TPSA) is 42.2 Å². The molecule has 158 valence electrons. The molecule has 0 bridgehead atoms. The predicted octanol–water partition coefficient (Wildman–Crippen LogP) is 5.65. The number of rotatable bonds is 4. The molecule has 29 heavy (non-hydrogen) atoms. The normalized spacial score (nSPS) is 17.0. The highest BCUT2D eigenvalue weighted by molar-refractivity contribution is 5.67. The summed E-state index contributed by atoms with van der Waals surface area (Å²) in [6.07, 6.45) is -2.95. The molecule has 0 spiro atoms. The van der Waals surface area contributed by atoms with E-state index in [9.17, 15) is 26.3 Å². The Labute approximate surface area is 163 Å². The molecule has 4 nitrogen and oxygen atoms in total. The van der Waals surface area contributed by atoms with Crippen molar-refractivity contribution >= 4 is 12.2 Å². The van der Waals surface area contributed by atoms with Crippen molar-refractivity contribution in [2.45, 2.75) is 44.6 Å². The Balaban J connectivity index is 1.76. The molecule has 1 aromatic carbocycles. The van der Waals surface area contributed by atoms with Gasteiger partial charge < -0.3 is 4.52 Å². The average molecular weight is 419 g/mol. The Kier molecular flexibility index (Phi) is 6.30. The summed E-state index contributed by atoms with van der Waals surface area (Å²) < 4.78 is 82.6. The lowest BCUT2D eigenvalue weighted by Crippen LogP contribution is -2.24. The third kappa shape index (κ3) is 6.06. The van der Waals surface area contributed by atoms with Crippen molar-refractivity contribution in [3.05, 3.63) is 46.6 Å². The van der Waals surface area contributed by atoms with Crippen LogP contribution in [0.25, 0.3) is 12.2 Å². The number of hydrogen-bond acceptors (Lipinski definition) is 4. The molecule has 0 atom stereocenters. The Morgan fingerprint density at radius 1 is 0.862 bits per heavy atom. The number of aromatic nitrogens is 2. The Bertz CT molecular complexity index is 816. The van der Waals surface area contributed by atoms with Gasteiger partial charge in [-0.1, -0.05) is 24.1 Å². The van der Waals surface area contributed by atoms with Crippen LogP contribution in [0.15, 0.2) is 22.7 Å². The molecule has 1 fully saturated rings. The van der Waals surface area contributed by atoms with Gasteiger partial charge in [-0.25, -0.2) is 0 Å². The minimum atomic E-state index is -4.89. The van der Waals surface area contributed by atoms with Gasteiger partial charge in [0.05, 0.1) is 17.7 Å². The third-order valence-corrected chi connectivity index (χ3v) is 4.58. The Morgan fingerprint density at radius 3 is 2.00 bits per heavy atom. The van der Waals surface area contributed by atoms with Crippen LogP contribution in [0, 0.1) is 0 Å². The first-order valence-electron chi connectivity index (χ1n) is 9.14. The van der Waals surface area contributed by atoms with Gasteiger partial charge >= 0.3 is 12.4 Å². The van der Waals surface area contributed by atoms with E-state index in [1.165, 1.54) is 18.9 Å². The maximum Gasteiger partial charge on any atom is 0.416 e. The SMILES string of the molecule is FC(F)(F)c1cc(C=Cc2noc(CN3CCCCCC3)n2)cc(C(F)(F)F)c1. The fourth-order valence-corrected chi connectivity index (χ4v) is 3.13. The lowest BCUT2D eigenvalue weighted by atomic mass is 10.0. The zero-order valence-corrected chi connectivity index (χ0v) is 15.4. The number of halogens is 6. The lowest BCUT2D eigenvalue weighted by molar-refractivity contribution is -0.143. The number of nitrogens with zero attached hydrogens (tertiary/aromatic N) is 3. The van der Waals surface area contributed by atoms with Gasteiger partial charge in [0.15, 0.2) is 5.82 Å². The van der Waals surface area contributed by atoms with Crippen molar-refractivity contribution < 1.29 is 30.9 Å². The summed E-state index contributed by atoms with van der Waals surface area (Å²) in [4.78, 5) is 6.32. The minimum Gasteiger partial charge on any atom is -0.338 e. The van der Waals surface area contributed by atoms with Crippen LogP contribution in [-0.4, -0.2) is 28.1 Å². The molecule has 3 rings (SSSR count). The van der Waals surface area contributed by atoms with E-state index >= 15 is 0 Å². The summed E-state index contributed by atoms with van der Waals surface area (Å²) in [6.45, 7) is 2.29. The van der Waals surface area contributed by atoms with Crippen molar-refractivity contribution in [1.82, 2.24) is 15.0 Å². The third-order valence-electron chi connectivity index (χ3n) is 4.58. The molecule has 0 N–H and O–H groups in total. The van der Waals surface area contributed by atoms with Crippen molar-refractivity contribution in [2.24, 2.45) is 0 Å². The van der Waals surface area contributed by atoms with Gasteiger partial charge in [0, 0.05) is 0 Å². The monoisotopic (exact) mass is 419 g/mol. The highest BCUT2D eigenvalue weighted by Gasteiger charge is 2.36. The van der Waals surface area contributed by atoms with Gasteiger partial charge in [0.2, 0.25) is 5.89 Å². The first kappa shape index (κ1) is 21.4. The highest BCUT2D eigenvalue weighted by Crippen LogP contribution is 2.36. The van der Waals surface area contributed by atoms with Crippen LogP contribution in [-0.2, 0) is 18.9 Å². The van der Waals surface area contributed by atoms with Crippen LogP contribution in [0.2, 0.25) is 0 Å². The molecule has 0 amide bonds. The van der Waals surface area contributed by atoms with Gasteiger partial charge in [-0.15, -0.1) is 0 Å². The van der Waals surface area contributed by atoms with Crippen LogP contribution in [0.1, 0.15) is 54.1 Å². The van der Waals surface area contributed by atoms with Crippen molar-refractivity contribution in [1.29, 1.82) is 0 Å². The van der Waals surface area contributed by atoms with E-state index in [1.54, 1.807) is 0 Å². The minimum absolute atomic E-state index is 0.0841. The molecule has 1 saturated heterocycles. The summed E-state index contributed by atoms with van der Waals surface area (Å²) in [5.74, 6) is 0.437. The quantitative estimate of drug-likeness (QED) is 0.601. The van der Waals surface area contributed by atoms with E-state index < -0.39 is 23.5 Å². The molecule has 1 aliphatic rings. The van der Waals surface area contributed by atoms with Crippen LogP contribution in [0.5, 0.6) is 0 Å². The van der Waals surface area contributed by atoms with Gasteiger partial charge in [0.1, 0.15) is 0 Å². The molecule has 0 aliphatic carbocycles. The molecule has 0 unspecified atom stereocenters. The standard InChI is InChI=1S/C19H19F6N3O/c20-18(21,22)14-9-13(10-15(11-14)19(23,24)25)5-6-16-26-17(29-27-16)12-28-7-3-1-2-4-8-28/h5-6,9-11H,1-4,7-8,12H2. The Hall–Kier alpha value is -2.36. The smallest absolute Gasteiger partial charge is 0.338 e. The van der Waals surface area contributed by atoms with E-state index in [-0.39, 0.29) is 17.5 Å². The van der Waals surface area contributed by atoms with Crippen molar-refractivity contribution in [2.75, 3.05) is 13.1 Å². The molecular formula is C19H19F6N3O. The van der Waals surface area contributed by atoms with Gasteiger partial charge in [-0.3, -0.25) is 4.90 Å². The van der Waals surface area contributed by atoms with Crippen molar-refractivity contribution in [3.63, 3.8) is 0 Å². The zero-order valence-electron chi connectivity index (χ0n) is 15.4. The second-order valence-corrected chi connectivity index (χ2v) is 6.91. The van der Waals surface area contributed by atoms with Crippen LogP contribution >= 0.6 is 0 Å². The van der Waals surface area contributed by atoms with Crippen molar-refractivity contribution in [3.8, 4) is 0 Å². The summed E-state index contributed by atoms with van der Waals surface area (Å²) in [5.41, 5.74) is -3.00. The maximum absolute atomic E-state index is 12.9. The van der Waals surface area contributed by atoms with Gasteiger partial charge in [-0.05, 0) is 55.8 Å². The first-order valence-corrected chi connectivity index (χ1v) is 9.14. The van der Waals surface area contributed by atoms with Gasteiger partial charge in [-0.2, -0.15) is 31.3 Å². The van der Waals surface area contributed by atoms with E-state index in [0.717, 1.165) is 32.0 Å². The van der Waals surface area contributed by atoms with E-state index in [4.69, 9.17) is 4.52 Å². The van der Waals surface area contributed by atoms with E-state index in [2.05, 4.69) is 15.0 Å². The average Bonchev–Trinajstić information content (AvgIpc) is 2.92. The summed E-state index contributed by atoms with van der Waals surface area (Å²) in [5, 5.41) is 3.72. The van der Waals surface area contributed by atoms with Crippen LogP contribution in [0.3, 0.4) is 0 Å². The second-order valence-electron chi connectivity index (χ2n) is 6.91. The molecule has 2 heterocycles. The molecule has 2 aromatic rings. The lowest BCUT2D eigenvalue weighted by Gasteiger charge is -2.16. The highest BCUT2D eigenvalue weighted by atomic mass is 19.4. The molecule has 1 aromatic heterocycles. The summed E-state index contributed by atoms with van der Waals surface area (Å²) >= 11 is 0. The predicted molar refractivity (Wildman–Crippen MR) is 93.4 cm³/mol.